The molecule has 0 aromatic heterocycles. The number of aliphatic hydroxyl groups excluding tert-OH is 1. The van der Waals surface area contributed by atoms with Gasteiger partial charge in [-0.2, -0.15) is 0 Å². The van der Waals surface area contributed by atoms with Crippen LogP contribution < -0.4 is 0 Å². The smallest absolute Gasteiger partial charge is 0.303 e. The Bertz CT molecular complexity index is 1230. The molecule has 1 spiro atoms. The number of methoxy groups -OCH3 is 1. The molecule has 0 aromatic carbocycles. The summed E-state index contributed by atoms with van der Waals surface area (Å²) in [5.41, 5.74) is -1.64. The third-order valence-corrected chi connectivity index (χ3v) is 15.8. The molecule has 0 aromatic rings. The van der Waals surface area contributed by atoms with Crippen LogP contribution in [0, 0.1) is 45.3 Å². The Morgan fingerprint density at radius 2 is 1.78 bits per heavy atom. The van der Waals surface area contributed by atoms with E-state index in [9.17, 15) is 15.0 Å². The van der Waals surface area contributed by atoms with E-state index in [4.69, 9.17) is 23.7 Å². The van der Waals surface area contributed by atoms with Crippen LogP contribution in [0.25, 0.3) is 0 Å². The van der Waals surface area contributed by atoms with E-state index in [1.165, 1.54) is 26.2 Å². The molecule has 9 nitrogen and oxygen atoms in total. The maximum Gasteiger partial charge on any atom is 0.303 e. The molecule has 2 bridgehead atoms. The van der Waals surface area contributed by atoms with E-state index in [1.54, 1.807) is 21.0 Å². The number of carbonyl (C=O) groups excluding carboxylic acids is 1. The fourth-order valence-electron chi connectivity index (χ4n) is 12.9. The van der Waals surface area contributed by atoms with Crippen molar-refractivity contribution < 1.29 is 38.7 Å². The Balaban J connectivity index is 1.21. The van der Waals surface area contributed by atoms with E-state index in [0.717, 1.165) is 51.7 Å². The van der Waals surface area contributed by atoms with Gasteiger partial charge in [-0.05, 0) is 119 Å². The summed E-state index contributed by atoms with van der Waals surface area (Å²) in [7, 11) is 1.78. The highest BCUT2D eigenvalue weighted by Gasteiger charge is 2.74. The van der Waals surface area contributed by atoms with Crippen LogP contribution in [0.4, 0.5) is 0 Å². The van der Waals surface area contributed by atoms with Crippen molar-refractivity contribution in [2.24, 2.45) is 45.3 Å². The largest absolute Gasteiger partial charge is 0.457 e. The highest BCUT2D eigenvalue weighted by atomic mass is 16.7. The second kappa shape index (κ2) is 13.5. The zero-order chi connectivity index (χ0) is 36.7. The average molecular weight is 706 g/mol. The molecule has 9 heteroatoms. The molecule has 6 aliphatic rings. The lowest BCUT2D eigenvalue weighted by Gasteiger charge is -2.66. The first-order valence-corrected chi connectivity index (χ1v) is 20.0. The predicted octanol–water partition coefficient (Wildman–Crippen LogP) is 6.36. The lowest BCUT2D eigenvalue weighted by molar-refractivity contribution is -0.244. The predicted molar refractivity (Wildman–Crippen MR) is 192 cm³/mol. The number of aliphatic hydroxyl groups is 2. The minimum atomic E-state index is -1.26. The number of fused-ring (bicyclic) bond motifs is 5. The summed E-state index contributed by atoms with van der Waals surface area (Å²) in [5, 5.41) is 23.7. The van der Waals surface area contributed by atoms with Crippen molar-refractivity contribution in [3.63, 3.8) is 0 Å². The quantitative estimate of drug-likeness (QED) is 0.279. The van der Waals surface area contributed by atoms with E-state index in [1.807, 2.05) is 0 Å². The normalized spacial score (nSPS) is 45.7. The fraction of sp³-hybridized carbons (Fsp3) is 0.976. The Labute approximate surface area is 302 Å². The molecular weight excluding hydrogens is 634 g/mol. The third-order valence-electron chi connectivity index (χ3n) is 15.8. The number of rotatable bonds is 8. The van der Waals surface area contributed by atoms with Gasteiger partial charge >= 0.3 is 5.97 Å². The zero-order valence-corrected chi connectivity index (χ0v) is 33.3. The molecule has 50 heavy (non-hydrogen) atoms. The Kier molecular flexibility index (Phi) is 10.5. The number of morpholine rings is 1. The van der Waals surface area contributed by atoms with Crippen molar-refractivity contribution in [3.8, 4) is 0 Å². The molecule has 2 saturated heterocycles. The Morgan fingerprint density at radius 1 is 1.06 bits per heavy atom. The van der Waals surface area contributed by atoms with Gasteiger partial charge < -0.3 is 33.9 Å². The Hall–Kier alpha value is -0.810. The first-order valence-electron chi connectivity index (χ1n) is 20.0. The maximum atomic E-state index is 12.6. The zero-order valence-electron chi connectivity index (χ0n) is 33.3. The molecule has 0 radical (unpaired) electrons. The molecule has 6 rings (SSSR count). The maximum absolute atomic E-state index is 12.6. The second-order valence-corrected chi connectivity index (χ2v) is 19.9. The van der Waals surface area contributed by atoms with Crippen LogP contribution in [-0.2, 0) is 28.5 Å². The van der Waals surface area contributed by atoms with E-state index < -0.39 is 29.9 Å². The second-order valence-electron chi connectivity index (χ2n) is 19.9. The molecule has 4 saturated carbocycles. The first-order chi connectivity index (χ1) is 23.2. The summed E-state index contributed by atoms with van der Waals surface area (Å²) >= 11 is 0. The van der Waals surface area contributed by atoms with Crippen LogP contribution in [-0.4, -0.2) is 102 Å². The lowest BCUT2D eigenvalue weighted by Crippen LogP contribution is -2.61. The van der Waals surface area contributed by atoms with Crippen molar-refractivity contribution in [1.82, 2.24) is 4.90 Å². The first kappa shape index (κ1) is 38.9. The highest BCUT2D eigenvalue weighted by molar-refractivity contribution is 5.66. The van der Waals surface area contributed by atoms with Gasteiger partial charge in [-0.1, -0.05) is 41.0 Å². The van der Waals surface area contributed by atoms with Gasteiger partial charge in [0, 0.05) is 39.1 Å². The van der Waals surface area contributed by atoms with Gasteiger partial charge in [0.2, 0.25) is 0 Å². The number of hydrogen-bond donors (Lipinski definition) is 2. The number of carbonyl (C=O) groups is 1. The monoisotopic (exact) mass is 706 g/mol. The summed E-state index contributed by atoms with van der Waals surface area (Å²) in [4.78, 5) is 14.5. The summed E-state index contributed by atoms with van der Waals surface area (Å²) < 4.78 is 31.5. The molecule has 4 aliphatic carbocycles. The lowest BCUT2D eigenvalue weighted by atomic mass is 9.39. The van der Waals surface area contributed by atoms with Gasteiger partial charge in [-0.15, -0.1) is 0 Å². The van der Waals surface area contributed by atoms with Gasteiger partial charge in [-0.3, -0.25) is 9.69 Å². The molecule has 288 valence electrons. The number of nitrogens with zero attached hydrogens (tertiary/aromatic N) is 1. The van der Waals surface area contributed by atoms with Crippen LogP contribution in [0.2, 0.25) is 0 Å². The summed E-state index contributed by atoms with van der Waals surface area (Å²) in [5.74, 6) is 0.999. The van der Waals surface area contributed by atoms with Gasteiger partial charge in [0.25, 0.3) is 0 Å². The highest BCUT2D eigenvalue weighted by Crippen LogP contribution is 2.76. The minimum absolute atomic E-state index is 0.00737. The van der Waals surface area contributed by atoms with Crippen molar-refractivity contribution >= 4 is 5.97 Å². The summed E-state index contributed by atoms with van der Waals surface area (Å²) in [6.07, 6.45) is 7.42. The summed E-state index contributed by atoms with van der Waals surface area (Å²) in [6, 6.07) is 0. The van der Waals surface area contributed by atoms with Crippen LogP contribution in [0.1, 0.15) is 127 Å². The average Bonchev–Trinajstić information content (AvgIpc) is 3.20. The molecule has 2 aliphatic heterocycles. The topological polar surface area (TPSA) is 107 Å². The van der Waals surface area contributed by atoms with Crippen molar-refractivity contribution in [2.75, 3.05) is 33.4 Å². The van der Waals surface area contributed by atoms with E-state index >= 15 is 0 Å². The van der Waals surface area contributed by atoms with Crippen molar-refractivity contribution in [3.05, 3.63) is 0 Å². The van der Waals surface area contributed by atoms with Gasteiger partial charge in [-0.25, -0.2) is 0 Å². The van der Waals surface area contributed by atoms with E-state index in [-0.39, 0.29) is 57.6 Å². The van der Waals surface area contributed by atoms with Gasteiger partial charge in [0.05, 0.1) is 42.2 Å². The summed E-state index contributed by atoms with van der Waals surface area (Å²) in [6.45, 7) is 24.3. The molecule has 0 amide bonds. The Morgan fingerprint density at radius 3 is 2.44 bits per heavy atom. The van der Waals surface area contributed by atoms with Crippen LogP contribution in [0.3, 0.4) is 0 Å². The molecule has 6 fully saturated rings. The van der Waals surface area contributed by atoms with Crippen LogP contribution >= 0.6 is 0 Å². The number of ether oxygens (including phenoxy) is 5. The van der Waals surface area contributed by atoms with Gasteiger partial charge in [0.15, 0.2) is 12.4 Å². The standard InChI is InChI=1S/C41H71NO8/c1-25-21-28(35(38(7,8)45)48-26(2)43)49-33-32(25)39(9)17-18-41-16-12-13-30(50-31-23-42(19-20-47-31)24-36(3,4)46-11)37(5,6)27(22-41)14-15-29(41)40(39,10)34(33)44/h25,27-35,44-45H,12-24H2,1-11H3. The van der Waals surface area contributed by atoms with Crippen LogP contribution in [0.5, 0.6) is 0 Å². The van der Waals surface area contributed by atoms with E-state index in [0.29, 0.717) is 24.9 Å². The number of hydrogen-bond acceptors (Lipinski definition) is 9. The fourth-order valence-corrected chi connectivity index (χ4v) is 12.9. The third kappa shape index (κ3) is 6.53. The molecule has 2 heterocycles. The van der Waals surface area contributed by atoms with E-state index in [2.05, 4.69) is 53.4 Å². The molecular formula is C41H71NO8. The SMILES string of the molecule is COC(C)(C)CN1CCOC(OC2CCCC34CCC5(C)C6C(C)CC(C(OC(C)=O)C(C)(C)O)OC6C(O)C5(C)C3CCC(C4)C2(C)C)C1. The minimum Gasteiger partial charge on any atom is -0.457 e. The van der Waals surface area contributed by atoms with Crippen LogP contribution in [0.15, 0.2) is 0 Å². The number of esters is 1. The van der Waals surface area contributed by atoms with Crippen molar-refractivity contribution in [2.45, 2.75) is 175 Å². The molecule has 2 N–H and O–H groups in total. The molecule has 13 atom stereocenters. The van der Waals surface area contributed by atoms with Crippen molar-refractivity contribution in [1.29, 1.82) is 0 Å². The van der Waals surface area contributed by atoms with Gasteiger partial charge in [0.1, 0.15) is 0 Å². The molecule has 13 unspecified atom stereocenters.